The maximum Gasteiger partial charge on any atom is 0.311 e. The molecule has 0 aliphatic carbocycles. The van der Waals surface area contributed by atoms with Crippen molar-refractivity contribution in [2.45, 2.75) is 179 Å². The van der Waals surface area contributed by atoms with E-state index in [9.17, 15) is 24.9 Å². The first-order chi connectivity index (χ1) is 24.6. The Morgan fingerprint density at radius 3 is 2.15 bits per heavy atom. The highest BCUT2D eigenvalue weighted by atomic mass is 16.7. The lowest BCUT2D eigenvalue weighted by molar-refractivity contribution is -0.319. The van der Waals surface area contributed by atoms with Crippen LogP contribution in [0.4, 0.5) is 0 Å². The summed E-state index contributed by atoms with van der Waals surface area (Å²) in [6.45, 7) is 18.4. The van der Waals surface area contributed by atoms with Gasteiger partial charge in [0.15, 0.2) is 12.6 Å². The lowest BCUT2D eigenvalue weighted by Crippen LogP contribution is -2.61. The third-order valence-electron chi connectivity index (χ3n) is 12.4. The first kappa shape index (κ1) is 45.9. The van der Waals surface area contributed by atoms with Gasteiger partial charge in [-0.2, -0.15) is 0 Å². The van der Waals surface area contributed by atoms with E-state index >= 15 is 0 Å². The van der Waals surface area contributed by atoms with Crippen LogP contribution in [0.2, 0.25) is 0 Å². The van der Waals surface area contributed by atoms with Crippen molar-refractivity contribution in [3.63, 3.8) is 0 Å². The molecule has 0 aromatic carbocycles. The van der Waals surface area contributed by atoms with Crippen molar-refractivity contribution in [3.8, 4) is 0 Å². The van der Waals surface area contributed by atoms with E-state index in [1.165, 1.54) is 7.11 Å². The smallest absolute Gasteiger partial charge is 0.311 e. The van der Waals surface area contributed by atoms with Crippen molar-refractivity contribution in [2.24, 2.45) is 23.7 Å². The fourth-order valence-corrected chi connectivity index (χ4v) is 9.04. The molecule has 0 bridgehead atoms. The summed E-state index contributed by atoms with van der Waals surface area (Å²) in [5.74, 6) is -2.93. The zero-order chi connectivity index (χ0) is 40.2. The van der Waals surface area contributed by atoms with E-state index in [4.69, 9.17) is 33.2 Å². The van der Waals surface area contributed by atoms with E-state index in [1.54, 1.807) is 34.8 Å². The van der Waals surface area contributed by atoms with Gasteiger partial charge in [-0.25, -0.2) is 0 Å². The number of hydrogen-bond donors (Lipinski definition) is 3. The highest BCUT2D eigenvalue weighted by Gasteiger charge is 2.52. The Morgan fingerprint density at radius 2 is 1.60 bits per heavy atom. The molecule has 2 fully saturated rings. The number of likely N-dealkylation sites (N-methyl/N-ethyl adjacent to an activating group) is 1. The Kier molecular flexibility index (Phi) is 16.1. The molecule has 0 radical (unpaired) electrons. The normalized spacial score (nSPS) is 46.7. The van der Waals surface area contributed by atoms with Gasteiger partial charge in [-0.1, -0.05) is 32.4 Å². The molecule has 2 saturated heterocycles. The molecule has 53 heavy (non-hydrogen) atoms. The van der Waals surface area contributed by atoms with Gasteiger partial charge >= 0.3 is 5.97 Å². The average Bonchev–Trinajstić information content (AvgIpc) is 3.09. The van der Waals surface area contributed by atoms with Gasteiger partial charge in [0.2, 0.25) is 0 Å². The summed E-state index contributed by atoms with van der Waals surface area (Å²) in [4.78, 5) is 28.3. The van der Waals surface area contributed by atoms with Gasteiger partial charge in [0.25, 0.3) is 0 Å². The molecule has 3 aliphatic heterocycles. The van der Waals surface area contributed by atoms with Crippen LogP contribution in [0.25, 0.3) is 0 Å². The van der Waals surface area contributed by atoms with Crippen LogP contribution in [0.15, 0.2) is 11.6 Å². The predicted molar refractivity (Wildman–Crippen MR) is 199 cm³/mol. The highest BCUT2D eigenvalue weighted by Crippen LogP contribution is 2.42. The largest absolute Gasteiger partial charge is 0.459 e. The molecular weight excluding hydrogens is 686 g/mol. The molecule has 13 heteroatoms. The summed E-state index contributed by atoms with van der Waals surface area (Å²) in [5, 5.41) is 34.6. The quantitative estimate of drug-likeness (QED) is 0.167. The average molecular weight is 758 g/mol. The number of hydrogen-bond acceptors (Lipinski definition) is 13. The molecule has 13 nitrogen and oxygen atoms in total. The van der Waals surface area contributed by atoms with Crippen LogP contribution in [-0.2, 0) is 42.7 Å². The molecule has 17 atom stereocenters. The maximum atomic E-state index is 14.3. The summed E-state index contributed by atoms with van der Waals surface area (Å²) in [7, 11) is 6.96. The van der Waals surface area contributed by atoms with Gasteiger partial charge in [0, 0.05) is 44.9 Å². The van der Waals surface area contributed by atoms with Gasteiger partial charge in [-0.05, 0) is 87.7 Å². The van der Waals surface area contributed by atoms with Crippen LogP contribution in [0.5, 0.6) is 0 Å². The van der Waals surface area contributed by atoms with Gasteiger partial charge in [-0.15, -0.1) is 0 Å². The second-order valence-electron chi connectivity index (χ2n) is 16.9. The molecular formula is C40H71NO12. The van der Waals surface area contributed by atoms with Gasteiger partial charge in [0.1, 0.15) is 30.2 Å². The Labute approximate surface area is 318 Å². The number of rotatable bonds is 10. The second kappa shape index (κ2) is 18.6. The van der Waals surface area contributed by atoms with Crippen molar-refractivity contribution in [3.05, 3.63) is 11.6 Å². The molecule has 0 spiro atoms. The zero-order valence-electron chi connectivity index (χ0n) is 34.7. The summed E-state index contributed by atoms with van der Waals surface area (Å²) in [6, 6.07) is -0.236. The van der Waals surface area contributed by atoms with E-state index in [1.807, 2.05) is 66.6 Å². The highest BCUT2D eigenvalue weighted by molar-refractivity contribution is 5.73. The van der Waals surface area contributed by atoms with Crippen LogP contribution in [0.3, 0.4) is 0 Å². The number of esters is 1. The standard InChI is InChI=1S/C40H71NO12/c1-15-30-40(10,46)28(16-17-42)23(3)18-22(2)20-39(9,48-14)35(53-37-32(43)29(41(11)12)19-24(4)49-37)25(5)33(26(6)36(45)51-30)52-31-21-38(8,47-13)34(44)27(7)50-31/h17-18,22,24-35,37,43-44,46H,15-16,19-21H2,1-14H3/t22-,24+,25-,26+,27-,28+,29-,30+,31-,32+,33-,34-,35+,37-,38+,39+,40-/m0/s1. The molecule has 0 saturated carbocycles. The number of aldehydes is 1. The number of methoxy groups -OCH3 is 2. The molecule has 3 rings (SSSR count). The van der Waals surface area contributed by atoms with E-state index in [-0.39, 0.29) is 30.9 Å². The molecule has 3 N–H and O–H groups in total. The first-order valence-corrected chi connectivity index (χ1v) is 19.4. The van der Waals surface area contributed by atoms with Crippen LogP contribution >= 0.6 is 0 Å². The number of aliphatic hydroxyl groups is 3. The van der Waals surface area contributed by atoms with Crippen LogP contribution in [0.1, 0.15) is 101 Å². The van der Waals surface area contributed by atoms with Crippen LogP contribution < -0.4 is 0 Å². The Hall–Kier alpha value is -1.52. The minimum Gasteiger partial charge on any atom is -0.459 e. The van der Waals surface area contributed by atoms with Crippen LogP contribution in [0, 0.1) is 23.7 Å². The van der Waals surface area contributed by atoms with E-state index in [0.717, 1.165) is 11.9 Å². The minimum absolute atomic E-state index is 0.0329. The van der Waals surface area contributed by atoms with Gasteiger partial charge < -0.3 is 58.2 Å². The summed E-state index contributed by atoms with van der Waals surface area (Å²) in [5.41, 5.74) is -2.82. The van der Waals surface area contributed by atoms with Crippen molar-refractivity contribution in [1.29, 1.82) is 0 Å². The molecule has 308 valence electrons. The predicted octanol–water partition coefficient (Wildman–Crippen LogP) is 4.03. The SMILES string of the molecule is CC[C@H]1OC(=O)[C@H](C)[C@@H](O[C@H]2C[C@@](C)(OC)[C@@H](O)[C@H](C)O2)[C@H](C)[C@@H](O[C@@H]2O[C@H](C)C[C@H](N(C)C)[C@H]2O)[C@](C)(OC)C[C@@H](C)C=C(C)[C@@H](CC=O)[C@]1(C)O. The zero-order valence-corrected chi connectivity index (χ0v) is 34.7. The summed E-state index contributed by atoms with van der Waals surface area (Å²) < 4.78 is 44.5. The molecule has 0 unspecified atom stereocenters. The lowest BCUT2D eigenvalue weighted by atomic mass is 9.74. The van der Waals surface area contributed by atoms with Crippen molar-refractivity contribution < 1.29 is 58.1 Å². The molecule has 0 aromatic rings. The number of carbonyl (C=O) groups excluding carboxylic acids is 2. The Bertz CT molecular complexity index is 1230. The first-order valence-electron chi connectivity index (χ1n) is 19.4. The fraction of sp³-hybridized carbons (Fsp3) is 0.900. The molecule has 3 heterocycles. The van der Waals surface area contributed by atoms with E-state index in [2.05, 4.69) is 0 Å². The summed E-state index contributed by atoms with van der Waals surface area (Å²) in [6.07, 6.45) is -3.05. The monoisotopic (exact) mass is 757 g/mol. The second-order valence-corrected chi connectivity index (χ2v) is 16.9. The van der Waals surface area contributed by atoms with Crippen molar-refractivity contribution >= 4 is 12.3 Å². The number of allylic oxidation sites excluding steroid dienone is 1. The Balaban J connectivity index is 2.24. The fourth-order valence-electron chi connectivity index (χ4n) is 9.04. The number of aliphatic hydroxyl groups excluding tert-OH is 2. The van der Waals surface area contributed by atoms with Gasteiger partial charge in [0.05, 0.1) is 41.5 Å². The topological polar surface area (TPSA) is 163 Å². The van der Waals surface area contributed by atoms with Crippen LogP contribution in [-0.4, -0.2) is 139 Å². The Morgan fingerprint density at radius 1 is 0.981 bits per heavy atom. The molecule has 0 aromatic heterocycles. The third-order valence-corrected chi connectivity index (χ3v) is 12.4. The maximum absolute atomic E-state index is 14.3. The number of nitrogens with zero attached hydrogens (tertiary/aromatic N) is 1. The van der Waals surface area contributed by atoms with Gasteiger partial charge in [-0.3, -0.25) is 4.79 Å². The lowest BCUT2D eigenvalue weighted by Gasteiger charge is -2.49. The van der Waals surface area contributed by atoms with E-state index < -0.39 is 89.7 Å². The number of carbonyl (C=O) groups is 2. The molecule has 3 aliphatic rings. The summed E-state index contributed by atoms with van der Waals surface area (Å²) >= 11 is 0. The third kappa shape index (κ3) is 10.3. The van der Waals surface area contributed by atoms with Crippen molar-refractivity contribution in [1.82, 2.24) is 4.90 Å². The van der Waals surface area contributed by atoms with Crippen molar-refractivity contribution in [2.75, 3.05) is 28.3 Å². The minimum atomic E-state index is -1.57. The van der Waals surface area contributed by atoms with E-state index in [0.29, 0.717) is 19.3 Å². The number of cyclic esters (lactones) is 1. The molecule has 0 amide bonds. The number of ether oxygens (including phenoxy) is 7.